The van der Waals surface area contributed by atoms with Crippen molar-refractivity contribution >= 4 is 12.3 Å². The molecule has 1 heterocycles. The van der Waals surface area contributed by atoms with Crippen molar-refractivity contribution in [3.63, 3.8) is 0 Å². The summed E-state index contributed by atoms with van der Waals surface area (Å²) in [6.07, 6.45) is 0.750. The second-order valence-corrected chi connectivity index (χ2v) is 3.71. The number of hydrogen-bond acceptors (Lipinski definition) is 4. The van der Waals surface area contributed by atoms with Gasteiger partial charge in [-0.2, -0.15) is 0 Å². The van der Waals surface area contributed by atoms with Crippen LogP contribution in [0.3, 0.4) is 0 Å². The molecule has 1 aliphatic rings. The maximum Gasteiger partial charge on any atom is 0.218 e. The van der Waals surface area contributed by atoms with Gasteiger partial charge in [0.25, 0.3) is 0 Å². The molecule has 6 heteroatoms. The number of nitrogens with zero attached hydrogens (tertiary/aromatic N) is 2. The molecule has 0 aliphatic carbocycles. The van der Waals surface area contributed by atoms with Crippen LogP contribution in [-0.4, -0.2) is 76.7 Å². The lowest BCUT2D eigenvalue weighted by Gasteiger charge is -2.09. The van der Waals surface area contributed by atoms with Gasteiger partial charge in [0.15, 0.2) is 0 Å². The minimum Gasteiger partial charge on any atom is -0.377 e. The summed E-state index contributed by atoms with van der Waals surface area (Å²) >= 11 is 0. The van der Waals surface area contributed by atoms with Crippen LogP contribution in [0.15, 0.2) is 0 Å². The Morgan fingerprint density at radius 1 is 1.00 bits per heavy atom. The van der Waals surface area contributed by atoms with Gasteiger partial charge in [-0.15, -0.1) is 0 Å². The second-order valence-electron chi connectivity index (χ2n) is 3.71. The third kappa shape index (κ3) is 20.8. The van der Waals surface area contributed by atoms with Gasteiger partial charge >= 0.3 is 0 Å². The van der Waals surface area contributed by atoms with E-state index in [2.05, 4.69) is 0 Å². The average Bonchev–Trinajstić information content (AvgIpc) is 2.32. The first-order valence-corrected chi connectivity index (χ1v) is 5.37. The van der Waals surface area contributed by atoms with Crippen LogP contribution in [0.25, 0.3) is 0 Å². The Morgan fingerprint density at radius 2 is 1.24 bits per heavy atom. The number of carbonyl (C=O) groups is 2. The topological polar surface area (TPSA) is 59.1 Å². The summed E-state index contributed by atoms with van der Waals surface area (Å²) in [5.41, 5.74) is 0. The molecule has 2 amide bonds. The summed E-state index contributed by atoms with van der Waals surface area (Å²) in [6.45, 7) is 4.64. The van der Waals surface area contributed by atoms with E-state index in [1.54, 1.807) is 28.2 Å². The molecule has 0 bridgehead atoms. The molecule has 1 saturated heterocycles. The lowest BCUT2D eigenvalue weighted by molar-refractivity contribution is -0.126. The first kappa shape index (κ1) is 18.2. The van der Waals surface area contributed by atoms with Crippen LogP contribution in [0, 0.1) is 0 Å². The SMILES string of the molecule is C1COCCO1.CC(=O)N(C)C.CN(C)C=O. The summed E-state index contributed by atoms with van der Waals surface area (Å²) in [6, 6.07) is 0. The summed E-state index contributed by atoms with van der Waals surface area (Å²) in [4.78, 5) is 22.5. The zero-order valence-corrected chi connectivity index (χ0v) is 11.4. The van der Waals surface area contributed by atoms with Crippen molar-refractivity contribution in [3.05, 3.63) is 0 Å². The van der Waals surface area contributed by atoms with Crippen LogP contribution in [0.2, 0.25) is 0 Å². The van der Waals surface area contributed by atoms with Crippen LogP contribution in [0.4, 0.5) is 0 Å². The third-order valence-electron chi connectivity index (χ3n) is 1.58. The molecular weight excluding hydrogens is 224 g/mol. The monoisotopic (exact) mass is 248 g/mol. The first-order chi connectivity index (χ1) is 7.91. The van der Waals surface area contributed by atoms with Gasteiger partial charge < -0.3 is 19.3 Å². The minimum absolute atomic E-state index is 0.0926. The predicted molar refractivity (Wildman–Crippen MR) is 65.8 cm³/mol. The van der Waals surface area contributed by atoms with Crippen molar-refractivity contribution < 1.29 is 19.1 Å². The van der Waals surface area contributed by atoms with E-state index in [-0.39, 0.29) is 5.91 Å². The van der Waals surface area contributed by atoms with E-state index in [4.69, 9.17) is 9.47 Å². The Kier molecular flexibility index (Phi) is 13.9. The van der Waals surface area contributed by atoms with Crippen LogP contribution < -0.4 is 0 Å². The van der Waals surface area contributed by atoms with Crippen molar-refractivity contribution in [2.45, 2.75) is 6.92 Å². The Hall–Kier alpha value is -1.14. The lowest BCUT2D eigenvalue weighted by atomic mass is 10.6. The maximum absolute atomic E-state index is 10.1. The second kappa shape index (κ2) is 12.9. The molecular formula is C11H24N2O4. The third-order valence-corrected chi connectivity index (χ3v) is 1.58. The Balaban J connectivity index is 0. The highest BCUT2D eigenvalue weighted by Gasteiger charge is 1.94. The molecule has 0 atom stereocenters. The van der Waals surface area contributed by atoms with Crippen molar-refractivity contribution in [1.29, 1.82) is 0 Å². The highest BCUT2D eigenvalue weighted by molar-refractivity contribution is 5.72. The van der Waals surface area contributed by atoms with E-state index in [9.17, 15) is 9.59 Å². The molecule has 0 spiro atoms. The minimum atomic E-state index is 0.0926. The molecule has 1 rings (SSSR count). The van der Waals surface area contributed by atoms with Crippen molar-refractivity contribution in [1.82, 2.24) is 9.80 Å². The molecule has 0 unspecified atom stereocenters. The van der Waals surface area contributed by atoms with Crippen LogP contribution >= 0.6 is 0 Å². The van der Waals surface area contributed by atoms with Gasteiger partial charge in [-0.25, -0.2) is 0 Å². The molecule has 0 aromatic rings. The summed E-state index contributed by atoms with van der Waals surface area (Å²) in [5.74, 6) is 0.0926. The van der Waals surface area contributed by atoms with Gasteiger partial charge in [0.2, 0.25) is 12.3 Å². The van der Waals surface area contributed by atoms with E-state index in [1.807, 2.05) is 0 Å². The quantitative estimate of drug-likeness (QED) is 0.605. The highest BCUT2D eigenvalue weighted by Crippen LogP contribution is 1.85. The van der Waals surface area contributed by atoms with E-state index in [0.29, 0.717) is 0 Å². The Morgan fingerprint density at radius 3 is 1.29 bits per heavy atom. The fourth-order valence-electron chi connectivity index (χ4n) is 0.440. The fraction of sp³-hybridized carbons (Fsp3) is 0.818. The van der Waals surface area contributed by atoms with Crippen LogP contribution in [-0.2, 0) is 19.1 Å². The maximum atomic E-state index is 10.1. The summed E-state index contributed by atoms with van der Waals surface area (Å²) < 4.78 is 9.89. The van der Waals surface area contributed by atoms with E-state index < -0.39 is 0 Å². The van der Waals surface area contributed by atoms with Gasteiger partial charge in [0, 0.05) is 35.1 Å². The van der Waals surface area contributed by atoms with E-state index in [1.165, 1.54) is 16.7 Å². The highest BCUT2D eigenvalue weighted by atomic mass is 16.6. The van der Waals surface area contributed by atoms with Crippen molar-refractivity contribution in [2.24, 2.45) is 0 Å². The number of rotatable bonds is 1. The number of hydrogen-bond donors (Lipinski definition) is 0. The molecule has 0 radical (unpaired) electrons. The zero-order chi connectivity index (χ0) is 13.7. The average molecular weight is 248 g/mol. The lowest BCUT2D eigenvalue weighted by Crippen LogP contribution is -2.17. The van der Waals surface area contributed by atoms with Crippen LogP contribution in [0.1, 0.15) is 6.92 Å². The molecule has 1 aliphatic heterocycles. The van der Waals surface area contributed by atoms with Gasteiger partial charge in [-0.3, -0.25) is 9.59 Å². The molecule has 6 nitrogen and oxygen atoms in total. The predicted octanol–water partition coefficient (Wildman–Crippen LogP) is -0.168. The molecule has 0 aromatic carbocycles. The standard InChI is InChI=1S/C4H9NO.C4H8O2.C3H7NO/c1-4(6)5(2)3;1-2-6-4-3-5-1;1-4(2)3-5/h1-3H3;1-4H2;3H,1-2H3. The molecule has 0 saturated carbocycles. The zero-order valence-electron chi connectivity index (χ0n) is 11.4. The summed E-state index contributed by atoms with van der Waals surface area (Å²) in [7, 11) is 6.82. The first-order valence-electron chi connectivity index (χ1n) is 5.37. The largest absolute Gasteiger partial charge is 0.377 e. The van der Waals surface area contributed by atoms with Crippen LogP contribution in [0.5, 0.6) is 0 Å². The van der Waals surface area contributed by atoms with Gasteiger partial charge in [-0.05, 0) is 0 Å². The Labute approximate surface area is 103 Å². The van der Waals surface area contributed by atoms with Crippen molar-refractivity contribution in [3.8, 4) is 0 Å². The Bertz CT molecular complexity index is 180. The van der Waals surface area contributed by atoms with Crippen molar-refractivity contribution in [2.75, 3.05) is 54.6 Å². The van der Waals surface area contributed by atoms with Gasteiger partial charge in [0.1, 0.15) is 0 Å². The molecule has 102 valence electrons. The normalized spacial score (nSPS) is 13.2. The molecule has 0 aromatic heterocycles. The summed E-state index contributed by atoms with van der Waals surface area (Å²) in [5, 5.41) is 0. The molecule has 17 heavy (non-hydrogen) atoms. The van der Waals surface area contributed by atoms with Gasteiger partial charge in [-0.1, -0.05) is 0 Å². The van der Waals surface area contributed by atoms with Gasteiger partial charge in [0.05, 0.1) is 26.4 Å². The fourth-order valence-corrected chi connectivity index (χ4v) is 0.440. The number of ether oxygens (including phenoxy) is 2. The van der Waals surface area contributed by atoms with E-state index >= 15 is 0 Å². The van der Waals surface area contributed by atoms with E-state index in [0.717, 1.165) is 32.8 Å². The molecule has 0 N–H and O–H groups in total. The number of carbonyl (C=O) groups excluding carboxylic acids is 2. The molecule has 1 fully saturated rings. The smallest absolute Gasteiger partial charge is 0.218 e. The number of amides is 2.